The molecule has 146 valence electrons. The molecule has 0 bridgehead atoms. The number of hydrogen-bond donors (Lipinski definition) is 2. The van der Waals surface area contributed by atoms with E-state index in [1.807, 2.05) is 13.8 Å². The third-order valence-corrected chi connectivity index (χ3v) is 6.13. The first-order valence-electron chi connectivity index (χ1n) is 9.71. The molecule has 0 aliphatic heterocycles. The van der Waals surface area contributed by atoms with Crippen molar-refractivity contribution in [2.24, 2.45) is 0 Å². The van der Waals surface area contributed by atoms with Crippen molar-refractivity contribution in [3.8, 4) is 11.3 Å². The van der Waals surface area contributed by atoms with Crippen LogP contribution in [0.15, 0.2) is 24.3 Å². The van der Waals surface area contributed by atoms with E-state index in [1.54, 1.807) is 25.2 Å². The highest BCUT2D eigenvalue weighted by Gasteiger charge is 2.32. The molecule has 0 radical (unpaired) electrons. The average molecular weight is 386 g/mol. The molecule has 2 N–H and O–H groups in total. The number of rotatable bonds is 5. The zero-order chi connectivity index (χ0) is 20.4. The maximum absolute atomic E-state index is 11.6. The third kappa shape index (κ3) is 4.11. The highest BCUT2D eigenvalue weighted by Crippen LogP contribution is 2.40. The van der Waals surface area contributed by atoms with Gasteiger partial charge in [0, 0.05) is 10.3 Å². The van der Waals surface area contributed by atoms with Crippen LogP contribution < -0.4 is 0 Å². The Morgan fingerprint density at radius 1 is 1.11 bits per heavy atom. The summed E-state index contributed by atoms with van der Waals surface area (Å²) in [6.45, 7) is 14.0. The van der Waals surface area contributed by atoms with Crippen molar-refractivity contribution in [2.75, 3.05) is 0 Å². The van der Waals surface area contributed by atoms with E-state index >= 15 is 0 Å². The molecule has 0 unspecified atom stereocenters. The van der Waals surface area contributed by atoms with Gasteiger partial charge < -0.3 is 10.1 Å². The van der Waals surface area contributed by atoms with Gasteiger partial charge in [-0.05, 0) is 63.4 Å². The van der Waals surface area contributed by atoms with E-state index in [2.05, 4.69) is 50.0 Å². The van der Waals surface area contributed by atoms with Gasteiger partial charge in [0.15, 0.2) is 0 Å². The first-order valence-corrected chi connectivity index (χ1v) is 10.5. The predicted octanol–water partition coefficient (Wildman–Crippen LogP) is 6.85. The minimum atomic E-state index is -0.867. The van der Waals surface area contributed by atoms with Crippen LogP contribution in [0.2, 0.25) is 0 Å². The Balaban J connectivity index is 0.00000126. The van der Waals surface area contributed by atoms with Crippen molar-refractivity contribution < 1.29 is 9.90 Å². The molecule has 3 rings (SSSR count). The molecule has 2 aromatic heterocycles. The number of benzene rings is 1. The molecule has 0 amide bonds. The first kappa shape index (κ1) is 21.2. The summed E-state index contributed by atoms with van der Waals surface area (Å²) in [5.41, 5.74) is 5.32. The number of carboxylic acid groups (broad SMARTS) is 1. The highest BCUT2D eigenvalue weighted by atomic mass is 32.1. The van der Waals surface area contributed by atoms with Crippen LogP contribution in [0.3, 0.4) is 0 Å². The van der Waals surface area contributed by atoms with Crippen LogP contribution in [0.4, 0.5) is 0 Å². The van der Waals surface area contributed by atoms with Gasteiger partial charge in [-0.25, -0.2) is 0 Å². The number of aromatic amines is 1. The van der Waals surface area contributed by atoms with Gasteiger partial charge in [0.25, 0.3) is 0 Å². The summed E-state index contributed by atoms with van der Waals surface area (Å²) in [5.74, 6) is -0.789. The zero-order valence-electron chi connectivity index (χ0n) is 17.5. The van der Waals surface area contributed by atoms with Gasteiger partial charge in [0.05, 0.1) is 11.1 Å². The van der Waals surface area contributed by atoms with Gasteiger partial charge in [-0.1, -0.05) is 44.4 Å². The predicted molar refractivity (Wildman–Crippen MR) is 117 cm³/mol. The van der Waals surface area contributed by atoms with Crippen LogP contribution in [-0.4, -0.2) is 16.1 Å². The number of thiophene rings is 1. The van der Waals surface area contributed by atoms with E-state index in [1.165, 1.54) is 33.3 Å². The fraction of sp³-hybridized carbons (Fsp3) is 0.435. The van der Waals surface area contributed by atoms with Crippen molar-refractivity contribution in [1.82, 2.24) is 4.98 Å². The molecular formula is C23H31NO2S. The Kier molecular flexibility index (Phi) is 6.53. The monoisotopic (exact) mass is 385 g/mol. The van der Waals surface area contributed by atoms with Crippen LogP contribution in [0.1, 0.15) is 62.6 Å². The Hall–Kier alpha value is -2.07. The summed E-state index contributed by atoms with van der Waals surface area (Å²) in [4.78, 5) is 17.1. The van der Waals surface area contributed by atoms with Gasteiger partial charge in [-0.15, -0.1) is 11.3 Å². The molecule has 3 nitrogen and oxygen atoms in total. The van der Waals surface area contributed by atoms with Crippen LogP contribution in [-0.2, 0) is 16.6 Å². The molecule has 4 heteroatoms. The number of aryl methyl sites for hydroxylation is 3. The lowest BCUT2D eigenvalue weighted by Gasteiger charge is -2.16. The Labute approximate surface area is 166 Å². The number of aromatic nitrogens is 1. The summed E-state index contributed by atoms with van der Waals surface area (Å²) in [6.07, 6.45) is 2.03. The SMILES string of the molecule is CC.CCCc1c(-c2cc(C)cc(C)c2)[nH]c2sc(C(C)(C)C(=O)O)cc12. The lowest BCUT2D eigenvalue weighted by atomic mass is 9.91. The molecule has 0 atom stereocenters. The van der Waals surface area contributed by atoms with Gasteiger partial charge in [0.2, 0.25) is 0 Å². The van der Waals surface area contributed by atoms with Gasteiger partial charge in [0.1, 0.15) is 4.83 Å². The lowest BCUT2D eigenvalue weighted by molar-refractivity contribution is -0.142. The second kappa shape index (κ2) is 8.30. The van der Waals surface area contributed by atoms with Crippen molar-refractivity contribution in [3.05, 3.63) is 45.8 Å². The topological polar surface area (TPSA) is 53.1 Å². The molecule has 0 aliphatic rings. The molecular weight excluding hydrogens is 354 g/mol. The average Bonchev–Trinajstić information content (AvgIpc) is 3.16. The number of carboxylic acids is 1. The summed E-state index contributed by atoms with van der Waals surface area (Å²) >= 11 is 1.56. The molecule has 1 aromatic carbocycles. The maximum atomic E-state index is 11.6. The highest BCUT2D eigenvalue weighted by molar-refractivity contribution is 7.19. The van der Waals surface area contributed by atoms with Gasteiger partial charge in [-0.3, -0.25) is 4.79 Å². The minimum Gasteiger partial charge on any atom is -0.481 e. The Morgan fingerprint density at radius 3 is 2.22 bits per heavy atom. The van der Waals surface area contributed by atoms with E-state index in [4.69, 9.17) is 0 Å². The second-order valence-electron chi connectivity index (χ2n) is 7.39. The normalized spacial score (nSPS) is 11.4. The number of nitrogens with one attached hydrogen (secondary N) is 1. The summed E-state index contributed by atoms with van der Waals surface area (Å²) in [5, 5.41) is 10.7. The van der Waals surface area contributed by atoms with Crippen molar-refractivity contribution in [1.29, 1.82) is 0 Å². The smallest absolute Gasteiger partial charge is 0.314 e. The molecule has 27 heavy (non-hydrogen) atoms. The number of fused-ring (bicyclic) bond motifs is 1. The molecule has 0 saturated heterocycles. The number of H-pyrrole nitrogens is 1. The fourth-order valence-electron chi connectivity index (χ4n) is 3.32. The first-order chi connectivity index (χ1) is 12.7. The van der Waals surface area contributed by atoms with E-state index in [0.29, 0.717) is 0 Å². The third-order valence-electron chi connectivity index (χ3n) is 4.76. The number of carbonyl (C=O) groups is 1. The van der Waals surface area contributed by atoms with Gasteiger partial charge in [-0.2, -0.15) is 0 Å². The van der Waals surface area contributed by atoms with Crippen LogP contribution in [0, 0.1) is 13.8 Å². The molecule has 0 fully saturated rings. The fourth-order valence-corrected chi connectivity index (χ4v) is 4.50. The van der Waals surface area contributed by atoms with Crippen LogP contribution >= 0.6 is 11.3 Å². The number of hydrogen-bond acceptors (Lipinski definition) is 2. The van der Waals surface area contributed by atoms with Crippen molar-refractivity contribution in [3.63, 3.8) is 0 Å². The van der Waals surface area contributed by atoms with Gasteiger partial charge >= 0.3 is 5.97 Å². The number of aliphatic carboxylic acids is 1. The van der Waals surface area contributed by atoms with Crippen molar-refractivity contribution in [2.45, 2.75) is 66.7 Å². The minimum absolute atomic E-state index is 0.789. The Bertz CT molecular complexity index is 927. The molecule has 2 heterocycles. The largest absolute Gasteiger partial charge is 0.481 e. The van der Waals surface area contributed by atoms with Crippen molar-refractivity contribution >= 4 is 27.5 Å². The standard InChI is InChI=1S/C21H25NO2S.C2H6/c1-6-7-15-16-11-17(21(4,5)20(23)24)25-19(16)22-18(15)14-9-12(2)8-13(3)10-14;1-2/h8-11,22H,6-7H2,1-5H3,(H,23,24);1-2H3. The maximum Gasteiger partial charge on any atom is 0.314 e. The quantitative estimate of drug-likeness (QED) is 0.504. The summed E-state index contributed by atoms with van der Waals surface area (Å²) < 4.78 is 0. The molecule has 3 aromatic rings. The van der Waals surface area contributed by atoms with E-state index in [0.717, 1.165) is 22.5 Å². The molecule has 0 spiro atoms. The van der Waals surface area contributed by atoms with E-state index in [9.17, 15) is 9.90 Å². The van der Waals surface area contributed by atoms with Crippen LogP contribution in [0.25, 0.3) is 21.5 Å². The summed E-state index contributed by atoms with van der Waals surface area (Å²) in [7, 11) is 0. The second-order valence-corrected chi connectivity index (χ2v) is 8.44. The summed E-state index contributed by atoms with van der Waals surface area (Å²) in [6, 6.07) is 8.68. The molecule has 0 aliphatic carbocycles. The van der Waals surface area contributed by atoms with E-state index in [-0.39, 0.29) is 0 Å². The van der Waals surface area contributed by atoms with E-state index < -0.39 is 11.4 Å². The lowest BCUT2D eigenvalue weighted by Crippen LogP contribution is -2.27. The zero-order valence-corrected chi connectivity index (χ0v) is 18.3. The molecule has 0 saturated carbocycles. The Morgan fingerprint density at radius 2 is 1.70 bits per heavy atom. The van der Waals surface area contributed by atoms with Crippen LogP contribution in [0.5, 0.6) is 0 Å².